The predicted octanol–water partition coefficient (Wildman–Crippen LogP) is 2.64. The van der Waals surface area contributed by atoms with Crippen LogP contribution in [0.4, 0.5) is 0 Å². The highest BCUT2D eigenvalue weighted by molar-refractivity contribution is 8.01. The number of Topliss-reactive ketones (excluding diaryl/α,β-unsaturated/α-hetero) is 1. The summed E-state index contributed by atoms with van der Waals surface area (Å²) in [5.74, 6) is 1.44. The molecular weight excluding hydrogens is 436 g/mol. The second-order valence-electron chi connectivity index (χ2n) is 7.50. The zero-order valence-corrected chi connectivity index (χ0v) is 19.7. The molecule has 8 heteroatoms. The lowest BCUT2D eigenvalue weighted by Crippen LogP contribution is -2.22. The predicted molar refractivity (Wildman–Crippen MR) is 125 cm³/mol. The van der Waals surface area contributed by atoms with Crippen LogP contribution in [0.1, 0.15) is 24.0 Å². The van der Waals surface area contributed by atoms with Crippen molar-refractivity contribution in [3.63, 3.8) is 0 Å². The van der Waals surface area contributed by atoms with Gasteiger partial charge in [0.1, 0.15) is 5.78 Å². The van der Waals surface area contributed by atoms with Crippen LogP contribution in [-0.4, -0.2) is 70.9 Å². The molecular formula is C23H32O6S2. The zero-order valence-electron chi connectivity index (χ0n) is 18.1. The number of rotatable bonds is 13. The Morgan fingerprint density at radius 3 is 2.81 bits per heavy atom. The lowest BCUT2D eigenvalue weighted by atomic mass is 10.0. The lowest BCUT2D eigenvalue weighted by Gasteiger charge is -2.17. The normalized spacial score (nSPS) is 22.2. The van der Waals surface area contributed by atoms with Crippen molar-refractivity contribution in [3.8, 4) is 0 Å². The minimum atomic E-state index is -0.716. The van der Waals surface area contributed by atoms with Crippen molar-refractivity contribution in [2.75, 3.05) is 31.5 Å². The van der Waals surface area contributed by atoms with Gasteiger partial charge in [0.15, 0.2) is 0 Å². The third kappa shape index (κ3) is 8.98. The molecule has 1 aromatic rings. The quantitative estimate of drug-likeness (QED) is 0.259. The number of thioether (sulfide) groups is 2. The second-order valence-corrected chi connectivity index (χ2v) is 9.85. The van der Waals surface area contributed by atoms with Gasteiger partial charge in [-0.1, -0.05) is 36.4 Å². The third-order valence-corrected chi connectivity index (χ3v) is 7.48. The van der Waals surface area contributed by atoms with E-state index >= 15 is 0 Å². The monoisotopic (exact) mass is 468 g/mol. The summed E-state index contributed by atoms with van der Waals surface area (Å²) in [5.41, 5.74) is 2.05. The van der Waals surface area contributed by atoms with E-state index in [1.165, 1.54) is 18.9 Å². The topological polar surface area (TPSA) is 93.1 Å². The number of benzene rings is 1. The first-order valence-corrected chi connectivity index (χ1v) is 12.5. The molecule has 31 heavy (non-hydrogen) atoms. The Morgan fingerprint density at radius 2 is 2.06 bits per heavy atom. The number of esters is 1. The van der Waals surface area contributed by atoms with Gasteiger partial charge in [0, 0.05) is 25.9 Å². The van der Waals surface area contributed by atoms with Gasteiger partial charge in [-0.25, -0.2) is 0 Å². The molecule has 1 aromatic carbocycles. The summed E-state index contributed by atoms with van der Waals surface area (Å²) < 4.78 is 9.75. The standard InChI is InChI=1S/C23H32O6S2/c1-28-14-17-6-3-5-16(11-17)12-18(24)7-8-19-20(25)13-21(26)23(19)31-10-4-9-30-15-22(27)29-2/h3,5-8,11,18-20,23-25H,4,9-10,12-15H2,1-2H3/b8-7+/t18-,19+,20-,23?/m1/s1. The first kappa shape index (κ1) is 25.9. The maximum Gasteiger partial charge on any atom is 0.315 e. The van der Waals surface area contributed by atoms with Crippen LogP contribution >= 0.6 is 23.5 Å². The fraction of sp³-hybridized carbons (Fsp3) is 0.565. The van der Waals surface area contributed by atoms with Crippen molar-refractivity contribution < 1.29 is 29.3 Å². The molecule has 4 atom stereocenters. The van der Waals surface area contributed by atoms with Crippen LogP contribution < -0.4 is 0 Å². The van der Waals surface area contributed by atoms with Gasteiger partial charge in [-0.2, -0.15) is 11.8 Å². The first-order chi connectivity index (χ1) is 14.9. The number of methoxy groups -OCH3 is 2. The molecule has 0 bridgehead atoms. The summed E-state index contributed by atoms with van der Waals surface area (Å²) in [5, 5.41) is 20.5. The molecule has 0 radical (unpaired) electrons. The average molecular weight is 469 g/mol. The van der Waals surface area contributed by atoms with E-state index in [1.807, 2.05) is 24.3 Å². The van der Waals surface area contributed by atoms with E-state index < -0.39 is 12.2 Å². The Labute approximate surface area is 192 Å². The molecule has 0 amide bonds. The van der Waals surface area contributed by atoms with Crippen LogP contribution in [0, 0.1) is 5.92 Å². The molecule has 2 N–H and O–H groups in total. The van der Waals surface area contributed by atoms with E-state index in [0.29, 0.717) is 18.8 Å². The largest absolute Gasteiger partial charge is 0.468 e. The molecule has 172 valence electrons. The van der Waals surface area contributed by atoms with Crippen molar-refractivity contribution in [2.24, 2.45) is 5.92 Å². The molecule has 1 fully saturated rings. The van der Waals surface area contributed by atoms with Gasteiger partial charge in [0.25, 0.3) is 0 Å². The van der Waals surface area contributed by atoms with Crippen LogP contribution in [0.3, 0.4) is 0 Å². The van der Waals surface area contributed by atoms with Crippen LogP contribution in [0.15, 0.2) is 36.4 Å². The number of ether oxygens (including phenoxy) is 2. The Bertz CT molecular complexity index is 739. The van der Waals surface area contributed by atoms with E-state index in [1.54, 1.807) is 31.0 Å². The Kier molecular flexibility index (Phi) is 11.7. The van der Waals surface area contributed by atoms with Gasteiger partial charge in [0.05, 0.1) is 36.9 Å². The van der Waals surface area contributed by atoms with E-state index in [9.17, 15) is 19.8 Å². The maximum atomic E-state index is 12.3. The van der Waals surface area contributed by atoms with Crippen molar-refractivity contribution in [3.05, 3.63) is 47.5 Å². The summed E-state index contributed by atoms with van der Waals surface area (Å²) in [6, 6.07) is 7.88. The van der Waals surface area contributed by atoms with E-state index in [-0.39, 0.29) is 29.3 Å². The Balaban J connectivity index is 1.83. The summed E-state index contributed by atoms with van der Waals surface area (Å²) in [4.78, 5) is 23.4. The van der Waals surface area contributed by atoms with Gasteiger partial charge >= 0.3 is 5.97 Å². The van der Waals surface area contributed by atoms with Crippen molar-refractivity contribution in [1.82, 2.24) is 0 Å². The highest BCUT2D eigenvalue weighted by Gasteiger charge is 2.40. The molecule has 1 aliphatic carbocycles. The van der Waals surface area contributed by atoms with Gasteiger partial charge in [0.2, 0.25) is 0 Å². The fourth-order valence-electron chi connectivity index (χ4n) is 3.47. The SMILES string of the molecule is COCc1cccc(C[C@H](O)/C=C/[C@@H]2C(SCCCSCC(=O)OC)C(=O)C[C@H]2O)c1. The molecule has 0 aliphatic heterocycles. The number of hydrogen-bond acceptors (Lipinski definition) is 8. The average Bonchev–Trinajstić information content (AvgIpc) is 3.01. The van der Waals surface area contributed by atoms with Crippen molar-refractivity contribution in [1.29, 1.82) is 0 Å². The molecule has 0 saturated heterocycles. The number of carbonyl (C=O) groups excluding carboxylic acids is 2. The molecule has 0 heterocycles. The van der Waals surface area contributed by atoms with Crippen molar-refractivity contribution in [2.45, 2.75) is 43.3 Å². The fourth-order valence-corrected chi connectivity index (χ4v) is 5.77. The minimum Gasteiger partial charge on any atom is -0.468 e. The third-order valence-electron chi connectivity index (χ3n) is 5.00. The maximum absolute atomic E-state index is 12.3. The first-order valence-electron chi connectivity index (χ1n) is 10.3. The number of aliphatic hydroxyl groups is 2. The summed E-state index contributed by atoms with van der Waals surface area (Å²) in [6.07, 6.45) is 3.55. The van der Waals surface area contributed by atoms with E-state index in [4.69, 9.17) is 4.74 Å². The molecule has 1 aliphatic rings. The van der Waals surface area contributed by atoms with E-state index in [2.05, 4.69) is 4.74 Å². The molecule has 1 unspecified atom stereocenters. The van der Waals surface area contributed by atoms with Gasteiger partial charge in [-0.05, 0) is 29.1 Å². The van der Waals surface area contributed by atoms with E-state index in [0.717, 1.165) is 29.1 Å². The summed E-state index contributed by atoms with van der Waals surface area (Å²) in [6.45, 7) is 0.524. The lowest BCUT2D eigenvalue weighted by molar-refractivity contribution is -0.137. The van der Waals surface area contributed by atoms with Gasteiger partial charge in [-0.3, -0.25) is 9.59 Å². The molecule has 1 saturated carbocycles. The molecule has 0 spiro atoms. The van der Waals surface area contributed by atoms with Crippen LogP contribution in [0.2, 0.25) is 0 Å². The van der Waals surface area contributed by atoms with Gasteiger partial charge < -0.3 is 19.7 Å². The number of carbonyl (C=O) groups is 2. The van der Waals surface area contributed by atoms with Crippen molar-refractivity contribution >= 4 is 35.3 Å². The highest BCUT2D eigenvalue weighted by Crippen LogP contribution is 2.34. The summed E-state index contributed by atoms with van der Waals surface area (Å²) >= 11 is 3.06. The smallest absolute Gasteiger partial charge is 0.315 e. The second kappa shape index (κ2) is 14.0. The zero-order chi connectivity index (χ0) is 22.6. The van der Waals surface area contributed by atoms with Crippen LogP contribution in [-0.2, 0) is 32.1 Å². The number of aliphatic hydroxyl groups excluding tert-OH is 2. The molecule has 6 nitrogen and oxygen atoms in total. The number of ketones is 1. The van der Waals surface area contributed by atoms with Crippen LogP contribution in [0.25, 0.3) is 0 Å². The number of hydrogen-bond donors (Lipinski definition) is 2. The Hall–Kier alpha value is -1.32. The minimum absolute atomic E-state index is 0.0520. The molecule has 2 rings (SSSR count). The van der Waals surface area contributed by atoms with Crippen LogP contribution in [0.5, 0.6) is 0 Å². The summed E-state index contributed by atoms with van der Waals surface area (Å²) in [7, 11) is 3.02. The van der Waals surface area contributed by atoms with Gasteiger partial charge in [-0.15, -0.1) is 11.8 Å². The highest BCUT2D eigenvalue weighted by atomic mass is 32.2. The Morgan fingerprint density at radius 1 is 1.29 bits per heavy atom. The molecule has 0 aromatic heterocycles.